The number of esters is 4. The SMILES string of the molecule is CCC(C)CCCCCCCCCCCCCCCCC(=O)OC[C@H](COP(=O)(O)OC[C@@H](O)COP(=O)(O)OC[C@@H](COC(=O)CCCCCCCCC(C)C)OC(=O)CCCCCCCCCCCC(C)C)OC(=O)CCCCCCCCCCCCCCC(C)C. The minimum atomic E-state index is -4.96. The first kappa shape index (κ1) is 92.1. The fourth-order valence-corrected chi connectivity index (χ4v) is 12.9. The number of rotatable bonds is 72. The minimum Gasteiger partial charge on any atom is -0.462 e. The first-order chi connectivity index (χ1) is 45.1. The molecule has 94 heavy (non-hydrogen) atoms. The third-order valence-corrected chi connectivity index (χ3v) is 19.6. The van der Waals surface area contributed by atoms with Crippen molar-refractivity contribution in [2.75, 3.05) is 39.6 Å². The summed E-state index contributed by atoms with van der Waals surface area (Å²) in [6, 6.07) is 0. The molecular formula is C75H146O17P2. The van der Waals surface area contributed by atoms with E-state index in [1.165, 1.54) is 173 Å². The van der Waals surface area contributed by atoms with Crippen LogP contribution in [0, 0.1) is 23.7 Å². The Bertz CT molecular complexity index is 1850. The van der Waals surface area contributed by atoms with Gasteiger partial charge in [-0.05, 0) is 49.4 Å². The Morgan fingerprint density at radius 3 is 0.755 bits per heavy atom. The van der Waals surface area contributed by atoms with Crippen LogP contribution in [-0.4, -0.2) is 96.7 Å². The van der Waals surface area contributed by atoms with E-state index >= 15 is 0 Å². The maximum atomic E-state index is 13.1. The topological polar surface area (TPSA) is 237 Å². The maximum absolute atomic E-state index is 13.1. The highest BCUT2D eigenvalue weighted by molar-refractivity contribution is 7.47. The van der Waals surface area contributed by atoms with Crippen LogP contribution in [-0.2, 0) is 65.4 Å². The lowest BCUT2D eigenvalue weighted by atomic mass is 9.99. The van der Waals surface area contributed by atoms with Gasteiger partial charge in [-0.3, -0.25) is 37.3 Å². The lowest BCUT2D eigenvalue weighted by Crippen LogP contribution is -2.30. The van der Waals surface area contributed by atoms with Crippen molar-refractivity contribution in [2.45, 2.75) is 395 Å². The molecule has 0 rings (SSSR count). The smallest absolute Gasteiger partial charge is 0.462 e. The largest absolute Gasteiger partial charge is 0.472 e. The van der Waals surface area contributed by atoms with Gasteiger partial charge in [-0.1, -0.05) is 325 Å². The zero-order chi connectivity index (χ0) is 69.6. The summed E-state index contributed by atoms with van der Waals surface area (Å²) in [4.78, 5) is 72.7. The van der Waals surface area contributed by atoms with Crippen LogP contribution in [0.5, 0.6) is 0 Å². The number of phosphoric acid groups is 2. The number of aliphatic hydroxyl groups is 1. The summed E-state index contributed by atoms with van der Waals surface area (Å²) in [6.45, 7) is 14.2. The molecule has 0 aliphatic heterocycles. The lowest BCUT2D eigenvalue weighted by molar-refractivity contribution is -0.161. The molecule has 0 aliphatic rings. The van der Waals surface area contributed by atoms with Crippen molar-refractivity contribution in [1.29, 1.82) is 0 Å². The number of carbonyl (C=O) groups is 4. The molecule has 0 amide bonds. The molecule has 0 radical (unpaired) electrons. The third-order valence-electron chi connectivity index (χ3n) is 17.7. The van der Waals surface area contributed by atoms with Crippen molar-refractivity contribution in [3.05, 3.63) is 0 Å². The van der Waals surface area contributed by atoms with Crippen LogP contribution in [0.1, 0.15) is 376 Å². The zero-order valence-corrected chi connectivity index (χ0v) is 63.4. The second-order valence-corrected chi connectivity index (χ2v) is 31.6. The summed E-state index contributed by atoms with van der Waals surface area (Å²) in [5.41, 5.74) is 0. The molecule has 0 bridgehead atoms. The van der Waals surface area contributed by atoms with Gasteiger partial charge >= 0.3 is 39.5 Å². The van der Waals surface area contributed by atoms with E-state index in [1.54, 1.807) is 0 Å². The summed E-state index contributed by atoms with van der Waals surface area (Å²) < 4.78 is 68.4. The van der Waals surface area contributed by atoms with Gasteiger partial charge in [-0.2, -0.15) is 0 Å². The Hall–Kier alpha value is -1.94. The number of hydrogen-bond donors (Lipinski definition) is 3. The Kier molecular flexibility index (Phi) is 63.1. The van der Waals surface area contributed by atoms with Crippen molar-refractivity contribution in [3.63, 3.8) is 0 Å². The molecule has 0 saturated carbocycles. The highest BCUT2D eigenvalue weighted by Gasteiger charge is 2.30. The molecule has 0 aromatic carbocycles. The molecule has 0 fully saturated rings. The summed E-state index contributed by atoms with van der Waals surface area (Å²) in [5.74, 6) is 0.918. The van der Waals surface area contributed by atoms with Crippen molar-refractivity contribution < 1.29 is 80.2 Å². The van der Waals surface area contributed by atoms with Gasteiger partial charge in [0, 0.05) is 25.7 Å². The normalized spacial score (nSPS) is 14.4. The molecule has 19 heteroatoms. The van der Waals surface area contributed by atoms with E-state index in [-0.39, 0.29) is 25.7 Å². The van der Waals surface area contributed by atoms with Crippen molar-refractivity contribution >= 4 is 39.5 Å². The average molecular weight is 1380 g/mol. The molecular weight excluding hydrogens is 1230 g/mol. The fraction of sp³-hybridized carbons (Fsp3) is 0.947. The van der Waals surface area contributed by atoms with E-state index in [4.69, 9.17) is 37.0 Å². The quantitative estimate of drug-likeness (QED) is 0.0222. The van der Waals surface area contributed by atoms with E-state index in [0.717, 1.165) is 114 Å². The van der Waals surface area contributed by atoms with Crippen LogP contribution in [0.15, 0.2) is 0 Å². The minimum absolute atomic E-state index is 0.104. The number of aliphatic hydroxyl groups excluding tert-OH is 1. The summed E-state index contributed by atoms with van der Waals surface area (Å²) >= 11 is 0. The van der Waals surface area contributed by atoms with Crippen LogP contribution in [0.3, 0.4) is 0 Å². The molecule has 17 nitrogen and oxygen atoms in total. The molecule has 0 spiro atoms. The van der Waals surface area contributed by atoms with Gasteiger partial charge in [0.05, 0.1) is 26.4 Å². The molecule has 0 saturated heterocycles. The fourth-order valence-electron chi connectivity index (χ4n) is 11.3. The van der Waals surface area contributed by atoms with E-state index in [1.807, 2.05) is 0 Å². The van der Waals surface area contributed by atoms with Crippen LogP contribution < -0.4 is 0 Å². The number of hydrogen-bond acceptors (Lipinski definition) is 15. The molecule has 0 aromatic rings. The molecule has 558 valence electrons. The van der Waals surface area contributed by atoms with Crippen LogP contribution >= 0.6 is 15.6 Å². The number of ether oxygens (including phenoxy) is 4. The maximum Gasteiger partial charge on any atom is 0.472 e. The first-order valence-electron chi connectivity index (χ1n) is 38.7. The Balaban J connectivity index is 5.23. The summed E-state index contributed by atoms with van der Waals surface area (Å²) in [7, 11) is -9.91. The van der Waals surface area contributed by atoms with Gasteiger partial charge < -0.3 is 33.8 Å². The van der Waals surface area contributed by atoms with Crippen LogP contribution in [0.4, 0.5) is 0 Å². The number of unbranched alkanes of at least 4 members (excludes halogenated alkanes) is 37. The van der Waals surface area contributed by atoms with Gasteiger partial charge in [-0.25, -0.2) is 9.13 Å². The second-order valence-electron chi connectivity index (χ2n) is 28.7. The average Bonchev–Trinajstić information content (AvgIpc) is 2.04. The number of phosphoric ester groups is 2. The van der Waals surface area contributed by atoms with E-state index < -0.39 is 97.5 Å². The van der Waals surface area contributed by atoms with Crippen molar-refractivity contribution in [2.24, 2.45) is 23.7 Å². The molecule has 0 aliphatic carbocycles. The van der Waals surface area contributed by atoms with Gasteiger partial charge in [0.1, 0.15) is 19.3 Å². The molecule has 3 unspecified atom stereocenters. The summed E-state index contributed by atoms with van der Waals surface area (Å²) in [6.07, 6.45) is 48.7. The van der Waals surface area contributed by atoms with Gasteiger partial charge in [0.2, 0.25) is 0 Å². The summed E-state index contributed by atoms with van der Waals surface area (Å²) in [5, 5.41) is 10.6. The van der Waals surface area contributed by atoms with Gasteiger partial charge in [0.25, 0.3) is 0 Å². The Labute approximate surface area is 575 Å². The van der Waals surface area contributed by atoms with Crippen LogP contribution in [0.25, 0.3) is 0 Å². The first-order valence-corrected chi connectivity index (χ1v) is 41.7. The van der Waals surface area contributed by atoms with E-state index in [0.29, 0.717) is 31.6 Å². The third kappa shape index (κ3) is 67.3. The standard InChI is InChI=1S/C75H146O17P2/c1-9-68(8)54-46-38-29-23-17-12-10-11-13-18-24-30-39-47-55-72(77)85-61-70(91-74(79)57-49-41-31-25-19-15-14-16-21-27-35-43-51-65(2)3)63-89-93(81,82)87-59-69(76)60-88-94(83,84)90-64-71(62-86-73(78)56-48-40-34-33-37-45-53-67(6)7)92-75(80)58-50-42-32-26-20-22-28-36-44-52-66(4)5/h65-71,76H,9-64H2,1-8H3,(H,81,82)(H,83,84)/t68?,69-,70-,71-/m1/s1. The molecule has 0 aromatic heterocycles. The highest BCUT2D eigenvalue weighted by atomic mass is 31.2. The number of carbonyl (C=O) groups excluding carboxylic acids is 4. The van der Waals surface area contributed by atoms with Crippen LogP contribution in [0.2, 0.25) is 0 Å². The Morgan fingerprint density at radius 2 is 0.511 bits per heavy atom. The van der Waals surface area contributed by atoms with Gasteiger partial charge in [-0.15, -0.1) is 0 Å². The zero-order valence-electron chi connectivity index (χ0n) is 61.6. The Morgan fingerprint density at radius 1 is 0.298 bits per heavy atom. The highest BCUT2D eigenvalue weighted by Crippen LogP contribution is 2.45. The van der Waals surface area contributed by atoms with Crippen molar-refractivity contribution in [1.82, 2.24) is 0 Å². The van der Waals surface area contributed by atoms with E-state index in [9.17, 15) is 43.2 Å². The lowest BCUT2D eigenvalue weighted by Gasteiger charge is -2.21. The van der Waals surface area contributed by atoms with Gasteiger partial charge in [0.15, 0.2) is 12.2 Å². The van der Waals surface area contributed by atoms with Crippen molar-refractivity contribution in [3.8, 4) is 0 Å². The predicted octanol–water partition coefficient (Wildman–Crippen LogP) is 21.7. The predicted molar refractivity (Wildman–Crippen MR) is 381 cm³/mol. The monoisotopic (exact) mass is 1380 g/mol. The molecule has 3 N–H and O–H groups in total. The molecule has 6 atom stereocenters. The second kappa shape index (κ2) is 64.4. The van der Waals surface area contributed by atoms with E-state index in [2.05, 4.69) is 55.4 Å². The molecule has 0 heterocycles.